The van der Waals surface area contributed by atoms with E-state index in [9.17, 15) is 9.59 Å². The fourth-order valence-electron chi connectivity index (χ4n) is 3.25. The molecule has 1 rings (SSSR count). The van der Waals surface area contributed by atoms with Gasteiger partial charge in [0.15, 0.2) is 0 Å². The third kappa shape index (κ3) is 8.94. The molecule has 0 spiro atoms. The maximum atomic E-state index is 12.5. The number of amides is 1. The largest absolute Gasteiger partial charge is 0.459 e. The maximum absolute atomic E-state index is 12.5. The Kier molecular flexibility index (Phi) is 9.77. The molecule has 0 saturated carbocycles. The zero-order valence-corrected chi connectivity index (χ0v) is 18.6. The normalized spacial score (nSPS) is 16.7. The number of rotatable bonds is 9. The number of allylic oxidation sites excluding steroid dienone is 4. The van der Waals surface area contributed by atoms with Crippen molar-refractivity contribution in [1.29, 1.82) is 0 Å². The van der Waals surface area contributed by atoms with E-state index in [0.717, 1.165) is 25.7 Å². The first kappa shape index (κ1) is 24.3. The molecule has 1 saturated heterocycles. The molecule has 160 valence electrons. The first-order valence-corrected chi connectivity index (χ1v) is 10.5. The van der Waals surface area contributed by atoms with Gasteiger partial charge in [0, 0.05) is 13.1 Å². The summed E-state index contributed by atoms with van der Waals surface area (Å²) in [6.07, 6.45) is 12.5. The molecule has 1 aliphatic rings. The molecule has 0 atom stereocenters. The summed E-state index contributed by atoms with van der Waals surface area (Å²) in [5.41, 5.74) is -0.965. The molecule has 0 unspecified atom stereocenters. The Labute approximate surface area is 171 Å². The predicted molar refractivity (Wildman–Crippen MR) is 113 cm³/mol. The number of carbonyl (C=O) groups is 2. The van der Waals surface area contributed by atoms with Crippen molar-refractivity contribution in [3.05, 3.63) is 24.3 Å². The molecule has 0 aromatic heterocycles. The number of ether oxygens (including phenoxy) is 2. The minimum Gasteiger partial charge on any atom is -0.459 e. The Bertz CT molecular complexity index is 505. The minimum atomic E-state index is -0.497. The van der Waals surface area contributed by atoms with Crippen LogP contribution in [0.25, 0.3) is 0 Å². The summed E-state index contributed by atoms with van der Waals surface area (Å²) in [5, 5.41) is 0. The van der Waals surface area contributed by atoms with E-state index in [2.05, 4.69) is 12.2 Å². The second-order valence-corrected chi connectivity index (χ2v) is 8.79. The van der Waals surface area contributed by atoms with E-state index in [4.69, 9.17) is 9.47 Å². The van der Waals surface area contributed by atoms with Crippen molar-refractivity contribution in [2.45, 2.75) is 91.3 Å². The lowest BCUT2D eigenvalue weighted by molar-refractivity contribution is -0.163. The molecule has 0 radical (unpaired) electrons. The number of hydrogen-bond donors (Lipinski definition) is 0. The fraction of sp³-hybridized carbons (Fsp3) is 0.739. The molecule has 5 heteroatoms. The van der Waals surface area contributed by atoms with Gasteiger partial charge in [0.05, 0.1) is 5.92 Å². The monoisotopic (exact) mass is 393 g/mol. The van der Waals surface area contributed by atoms with Crippen LogP contribution >= 0.6 is 0 Å². The van der Waals surface area contributed by atoms with Crippen LogP contribution in [-0.2, 0) is 14.3 Å². The van der Waals surface area contributed by atoms with Gasteiger partial charge < -0.3 is 14.4 Å². The number of likely N-dealkylation sites (tertiary alicyclic amines) is 1. The molecule has 0 N–H and O–H groups in total. The topological polar surface area (TPSA) is 55.8 Å². The third-order valence-corrected chi connectivity index (χ3v) is 5.12. The van der Waals surface area contributed by atoms with E-state index in [-0.39, 0.29) is 18.0 Å². The van der Waals surface area contributed by atoms with E-state index in [0.29, 0.717) is 25.9 Å². The van der Waals surface area contributed by atoms with Gasteiger partial charge in [-0.05, 0) is 80.1 Å². The van der Waals surface area contributed by atoms with Crippen LogP contribution in [0.1, 0.15) is 80.1 Å². The van der Waals surface area contributed by atoms with Crippen LogP contribution in [0.2, 0.25) is 0 Å². The van der Waals surface area contributed by atoms with Crippen LogP contribution in [0.3, 0.4) is 0 Å². The smallest absolute Gasteiger partial charge is 0.410 e. The lowest BCUT2D eigenvalue weighted by Crippen LogP contribution is -2.44. The zero-order chi connectivity index (χ0) is 21.2. The van der Waals surface area contributed by atoms with Gasteiger partial charge in [-0.1, -0.05) is 24.3 Å². The molecular formula is C23H39NO4. The Morgan fingerprint density at radius 2 is 1.36 bits per heavy atom. The van der Waals surface area contributed by atoms with Crippen molar-refractivity contribution >= 4 is 12.1 Å². The highest BCUT2D eigenvalue weighted by Gasteiger charge is 2.33. The van der Waals surface area contributed by atoms with Gasteiger partial charge in [-0.15, -0.1) is 0 Å². The second kappa shape index (κ2) is 11.3. The molecule has 1 heterocycles. The summed E-state index contributed by atoms with van der Waals surface area (Å²) < 4.78 is 11.4. The quantitative estimate of drug-likeness (QED) is 0.375. The van der Waals surface area contributed by atoms with Gasteiger partial charge in [-0.25, -0.2) is 4.79 Å². The molecule has 1 fully saturated rings. The standard InChI is InChI=1S/C23H39NO4/c1-7-9-11-15-22(3,4)27-20(25)19-13-17-24(18-14-19)21(26)28-23(5,6)16-12-10-8-2/h7-10,19H,11-18H2,1-6H3/b9-7+,10-8+. The summed E-state index contributed by atoms with van der Waals surface area (Å²) >= 11 is 0. The van der Waals surface area contributed by atoms with Crippen molar-refractivity contribution in [2.75, 3.05) is 13.1 Å². The number of carbonyl (C=O) groups excluding carboxylic acids is 2. The maximum Gasteiger partial charge on any atom is 0.410 e. The summed E-state index contributed by atoms with van der Waals surface area (Å²) in [6, 6.07) is 0. The minimum absolute atomic E-state index is 0.146. The van der Waals surface area contributed by atoms with Crippen LogP contribution in [0.15, 0.2) is 24.3 Å². The summed E-state index contributed by atoms with van der Waals surface area (Å²) in [4.78, 5) is 26.7. The van der Waals surface area contributed by atoms with Crippen LogP contribution in [0.4, 0.5) is 4.79 Å². The second-order valence-electron chi connectivity index (χ2n) is 8.79. The van der Waals surface area contributed by atoms with E-state index in [1.54, 1.807) is 4.90 Å². The van der Waals surface area contributed by atoms with Crippen molar-refractivity contribution in [1.82, 2.24) is 4.90 Å². The van der Waals surface area contributed by atoms with Crippen molar-refractivity contribution in [3.63, 3.8) is 0 Å². The SMILES string of the molecule is C/C=C/CCC(C)(C)OC(=O)C1CCN(C(=O)OC(C)(C)CC/C=C/C)CC1. The van der Waals surface area contributed by atoms with Crippen molar-refractivity contribution in [2.24, 2.45) is 5.92 Å². The fourth-order valence-corrected chi connectivity index (χ4v) is 3.25. The van der Waals surface area contributed by atoms with Crippen molar-refractivity contribution in [3.8, 4) is 0 Å². The lowest BCUT2D eigenvalue weighted by atomic mass is 9.96. The molecule has 5 nitrogen and oxygen atoms in total. The average molecular weight is 394 g/mol. The number of piperidine rings is 1. The first-order chi connectivity index (χ1) is 13.1. The van der Waals surface area contributed by atoms with E-state index < -0.39 is 11.2 Å². The molecular weight excluding hydrogens is 354 g/mol. The van der Waals surface area contributed by atoms with Gasteiger partial charge >= 0.3 is 12.1 Å². The molecule has 0 bridgehead atoms. The summed E-state index contributed by atoms with van der Waals surface area (Å²) in [5.74, 6) is -0.294. The van der Waals surface area contributed by atoms with E-state index in [1.807, 2.05) is 53.7 Å². The highest BCUT2D eigenvalue weighted by molar-refractivity contribution is 5.74. The molecule has 28 heavy (non-hydrogen) atoms. The Hall–Kier alpha value is -1.78. The molecule has 1 amide bonds. The lowest BCUT2D eigenvalue weighted by Gasteiger charge is -2.35. The highest BCUT2D eigenvalue weighted by atomic mass is 16.6. The highest BCUT2D eigenvalue weighted by Crippen LogP contribution is 2.26. The van der Waals surface area contributed by atoms with Crippen molar-refractivity contribution < 1.29 is 19.1 Å². The van der Waals surface area contributed by atoms with Gasteiger partial charge in [-0.2, -0.15) is 0 Å². The van der Waals surface area contributed by atoms with Crippen LogP contribution in [-0.4, -0.2) is 41.3 Å². The van der Waals surface area contributed by atoms with Crippen LogP contribution in [0.5, 0.6) is 0 Å². The van der Waals surface area contributed by atoms with Crippen LogP contribution in [0, 0.1) is 5.92 Å². The van der Waals surface area contributed by atoms with Crippen LogP contribution < -0.4 is 0 Å². The number of esters is 1. The average Bonchev–Trinajstić information content (AvgIpc) is 2.61. The first-order valence-electron chi connectivity index (χ1n) is 10.5. The Balaban J connectivity index is 2.44. The van der Waals surface area contributed by atoms with Gasteiger partial charge in [0.25, 0.3) is 0 Å². The summed E-state index contributed by atoms with van der Waals surface area (Å²) in [6.45, 7) is 12.8. The zero-order valence-electron chi connectivity index (χ0n) is 18.6. The third-order valence-electron chi connectivity index (χ3n) is 5.12. The molecule has 1 aliphatic heterocycles. The predicted octanol–water partition coefficient (Wildman–Crippen LogP) is 5.65. The number of nitrogens with zero attached hydrogens (tertiary/aromatic N) is 1. The number of hydrogen-bond acceptors (Lipinski definition) is 4. The Morgan fingerprint density at radius 3 is 1.82 bits per heavy atom. The Morgan fingerprint density at radius 1 is 0.893 bits per heavy atom. The van der Waals surface area contributed by atoms with E-state index in [1.165, 1.54) is 0 Å². The van der Waals surface area contributed by atoms with Gasteiger partial charge in [0.1, 0.15) is 11.2 Å². The van der Waals surface area contributed by atoms with E-state index >= 15 is 0 Å². The molecule has 0 aromatic rings. The molecule has 0 aliphatic carbocycles. The summed E-state index contributed by atoms with van der Waals surface area (Å²) in [7, 11) is 0. The molecule has 0 aromatic carbocycles. The van der Waals surface area contributed by atoms with Gasteiger partial charge in [-0.3, -0.25) is 4.79 Å². The van der Waals surface area contributed by atoms with Gasteiger partial charge in [0.2, 0.25) is 0 Å².